The highest BCUT2D eigenvalue weighted by atomic mass is 32.1. The number of hydrogen-bond donors (Lipinski definition) is 2. The van der Waals surface area contributed by atoms with Crippen molar-refractivity contribution < 1.29 is 24.4 Å². The van der Waals surface area contributed by atoms with E-state index in [1.807, 2.05) is 0 Å². The molecule has 4 atom stereocenters. The zero-order valence-electron chi connectivity index (χ0n) is 29.5. The van der Waals surface area contributed by atoms with Gasteiger partial charge in [-0.15, -0.1) is 0 Å². The summed E-state index contributed by atoms with van der Waals surface area (Å²) in [4.78, 5) is 0. The highest BCUT2D eigenvalue weighted by Crippen LogP contribution is 2.24. The normalized spacial score (nSPS) is 19.9. The quantitative estimate of drug-likeness (QED) is 0.0561. The molecule has 1 rings (SSSR count). The maximum atomic E-state index is 10.9. The number of aliphatic hydroxyl groups excluding tert-OH is 2. The van der Waals surface area contributed by atoms with Gasteiger partial charge in [-0.05, 0) is 37.3 Å². The van der Waals surface area contributed by atoms with Crippen molar-refractivity contribution in [2.24, 2.45) is 0 Å². The van der Waals surface area contributed by atoms with Gasteiger partial charge in [0.05, 0.1) is 13.2 Å². The molecule has 1 aliphatic heterocycles. The second kappa shape index (κ2) is 31.0. The summed E-state index contributed by atoms with van der Waals surface area (Å²) in [6.07, 6.45) is 32.5. The maximum Gasteiger partial charge on any atom is 0.167 e. The lowest BCUT2D eigenvalue weighted by Crippen LogP contribution is -2.56. The molecule has 45 heavy (non-hydrogen) atoms. The summed E-state index contributed by atoms with van der Waals surface area (Å²) >= 11 is 11.1. The van der Waals surface area contributed by atoms with E-state index in [1.165, 1.54) is 141 Å². The first kappa shape index (κ1) is 42.7. The summed E-state index contributed by atoms with van der Waals surface area (Å²) in [6.45, 7) is 4.48. The second-order valence-electron chi connectivity index (χ2n) is 13.5. The average molecular weight is 673 g/mol. The fourth-order valence-electron chi connectivity index (χ4n) is 6.26. The van der Waals surface area contributed by atoms with E-state index in [0.29, 0.717) is 16.5 Å². The molecule has 5 nitrogen and oxygen atoms in total. The Morgan fingerprint density at radius 2 is 0.889 bits per heavy atom. The maximum absolute atomic E-state index is 10.9. The molecule has 0 aromatic heterocycles. The number of aliphatic hydroxyl groups is 2. The minimum Gasteiger partial charge on any atom is -0.477 e. The summed E-state index contributed by atoms with van der Waals surface area (Å²) in [7, 11) is 0. The van der Waals surface area contributed by atoms with Crippen LogP contribution in [0.5, 0.6) is 0 Å². The van der Waals surface area contributed by atoms with Crippen molar-refractivity contribution >= 4 is 34.5 Å². The molecule has 0 saturated carbocycles. The van der Waals surface area contributed by atoms with Gasteiger partial charge in [0.15, 0.2) is 22.3 Å². The van der Waals surface area contributed by atoms with E-state index in [9.17, 15) is 10.2 Å². The molecule has 0 bridgehead atoms. The number of unbranched alkanes of at least 4 members (excludes halogenated alkanes) is 24. The largest absolute Gasteiger partial charge is 0.477 e. The van der Waals surface area contributed by atoms with E-state index >= 15 is 0 Å². The lowest BCUT2D eigenvalue weighted by Gasteiger charge is -2.39. The summed E-state index contributed by atoms with van der Waals surface area (Å²) in [5, 5.41) is 21.6. The van der Waals surface area contributed by atoms with Gasteiger partial charge in [-0.1, -0.05) is 168 Å². The number of rotatable bonds is 31. The van der Waals surface area contributed by atoms with Crippen molar-refractivity contribution in [3.63, 3.8) is 0 Å². The molecule has 1 heterocycles. The molecule has 1 aliphatic rings. The van der Waals surface area contributed by atoms with Crippen LogP contribution in [0.2, 0.25) is 0 Å². The first-order valence-corrected chi connectivity index (χ1v) is 20.1. The standard InChI is InChI=1S/C38H72O5S2/c1-3-5-7-9-11-13-15-17-19-21-23-25-27-29-35(44)42-34-32-41-33(31-39)37(40)38(34)43-36(45)30-28-26-24-22-20-18-16-14-12-10-8-6-4-2/h33-34,37-40H,3-32H2,1-2H3/t33-,34+,37-,38-/m1/s1. The van der Waals surface area contributed by atoms with Gasteiger partial charge in [-0.3, -0.25) is 0 Å². The number of ether oxygens (including phenoxy) is 3. The van der Waals surface area contributed by atoms with Crippen molar-refractivity contribution in [2.45, 2.75) is 218 Å². The van der Waals surface area contributed by atoms with Gasteiger partial charge >= 0.3 is 0 Å². The third-order valence-electron chi connectivity index (χ3n) is 9.26. The Hall–Kier alpha value is -0.340. The minimum absolute atomic E-state index is 0.215. The summed E-state index contributed by atoms with van der Waals surface area (Å²) in [5.41, 5.74) is 0. The third kappa shape index (κ3) is 23.6. The fourth-order valence-corrected chi connectivity index (χ4v) is 6.79. The predicted octanol–water partition coefficient (Wildman–Crippen LogP) is 11.1. The molecule has 0 unspecified atom stereocenters. The highest BCUT2D eigenvalue weighted by molar-refractivity contribution is 7.80. The molecule has 7 heteroatoms. The first-order chi connectivity index (χ1) is 22.0. The third-order valence-corrected chi connectivity index (χ3v) is 9.86. The van der Waals surface area contributed by atoms with Crippen LogP contribution >= 0.6 is 24.4 Å². The second-order valence-corrected chi connectivity index (χ2v) is 14.4. The van der Waals surface area contributed by atoms with Crippen LogP contribution in [-0.4, -0.2) is 57.9 Å². The Morgan fingerprint density at radius 1 is 0.556 bits per heavy atom. The lowest BCUT2D eigenvalue weighted by molar-refractivity contribution is -0.186. The Balaban J connectivity index is 2.18. The molecular formula is C38H72O5S2. The van der Waals surface area contributed by atoms with E-state index in [1.54, 1.807) is 0 Å². The zero-order chi connectivity index (χ0) is 32.8. The van der Waals surface area contributed by atoms with Crippen molar-refractivity contribution in [2.75, 3.05) is 13.2 Å². The van der Waals surface area contributed by atoms with Crippen LogP contribution in [0.25, 0.3) is 0 Å². The predicted molar refractivity (Wildman–Crippen MR) is 198 cm³/mol. The van der Waals surface area contributed by atoms with E-state index < -0.39 is 24.4 Å². The van der Waals surface area contributed by atoms with Crippen LogP contribution in [-0.2, 0) is 14.2 Å². The molecule has 0 aliphatic carbocycles. The van der Waals surface area contributed by atoms with Crippen LogP contribution in [0.4, 0.5) is 0 Å². The SMILES string of the molecule is CCCCCCCCCCCCCCCC(=S)O[C@H]1[C@H](O)[C@@H](CO)OC[C@@H]1OC(=S)CCCCCCCCCCCCCCC. The Bertz CT molecular complexity index is 691. The number of thiocarbonyl (C=S) groups is 2. The molecule has 0 radical (unpaired) electrons. The summed E-state index contributed by atoms with van der Waals surface area (Å²) in [6, 6.07) is 0. The molecule has 0 aromatic rings. The Labute approximate surface area is 289 Å². The van der Waals surface area contributed by atoms with Crippen LogP contribution in [0.15, 0.2) is 0 Å². The first-order valence-electron chi connectivity index (χ1n) is 19.3. The lowest BCUT2D eigenvalue weighted by atomic mass is 10.00. The van der Waals surface area contributed by atoms with Gasteiger partial charge < -0.3 is 24.4 Å². The van der Waals surface area contributed by atoms with Crippen LogP contribution in [0.1, 0.15) is 194 Å². The highest BCUT2D eigenvalue weighted by Gasteiger charge is 2.43. The van der Waals surface area contributed by atoms with Crippen molar-refractivity contribution in [3.8, 4) is 0 Å². The fraction of sp³-hybridized carbons (Fsp3) is 0.947. The van der Waals surface area contributed by atoms with Gasteiger partial charge in [0.25, 0.3) is 0 Å². The van der Waals surface area contributed by atoms with Crippen LogP contribution in [0, 0.1) is 0 Å². The topological polar surface area (TPSA) is 68.2 Å². The van der Waals surface area contributed by atoms with Gasteiger partial charge in [-0.25, -0.2) is 0 Å². The van der Waals surface area contributed by atoms with Gasteiger partial charge in [0.2, 0.25) is 0 Å². The van der Waals surface area contributed by atoms with Gasteiger partial charge in [0.1, 0.15) is 12.2 Å². The van der Waals surface area contributed by atoms with Gasteiger partial charge in [-0.2, -0.15) is 0 Å². The molecule has 0 aromatic carbocycles. The van der Waals surface area contributed by atoms with E-state index in [4.69, 9.17) is 38.6 Å². The number of hydrogen-bond acceptors (Lipinski definition) is 7. The molecular weight excluding hydrogens is 601 g/mol. The van der Waals surface area contributed by atoms with Crippen molar-refractivity contribution in [1.82, 2.24) is 0 Å². The molecule has 0 spiro atoms. The van der Waals surface area contributed by atoms with Crippen molar-refractivity contribution in [1.29, 1.82) is 0 Å². The molecule has 0 amide bonds. The molecule has 1 saturated heterocycles. The molecule has 1 fully saturated rings. The molecule has 2 N–H and O–H groups in total. The Kier molecular flexibility index (Phi) is 29.4. The average Bonchev–Trinajstić information content (AvgIpc) is 3.03. The van der Waals surface area contributed by atoms with E-state index in [-0.39, 0.29) is 13.2 Å². The summed E-state index contributed by atoms with van der Waals surface area (Å²) < 4.78 is 17.8. The Morgan fingerprint density at radius 3 is 1.24 bits per heavy atom. The van der Waals surface area contributed by atoms with Crippen LogP contribution in [0.3, 0.4) is 0 Å². The van der Waals surface area contributed by atoms with Crippen molar-refractivity contribution in [3.05, 3.63) is 0 Å². The zero-order valence-corrected chi connectivity index (χ0v) is 31.1. The smallest absolute Gasteiger partial charge is 0.167 e. The molecule has 266 valence electrons. The van der Waals surface area contributed by atoms with Gasteiger partial charge in [0, 0.05) is 12.8 Å². The monoisotopic (exact) mass is 672 g/mol. The summed E-state index contributed by atoms with van der Waals surface area (Å²) in [5.74, 6) is 0. The van der Waals surface area contributed by atoms with E-state index in [2.05, 4.69) is 13.8 Å². The minimum atomic E-state index is -1.02. The van der Waals surface area contributed by atoms with Crippen LogP contribution < -0.4 is 0 Å². The van der Waals surface area contributed by atoms with E-state index in [0.717, 1.165) is 32.1 Å².